The largest absolute Gasteiger partial charge is 0.295 e. The molecule has 0 aliphatic carbocycles. The van der Waals surface area contributed by atoms with Crippen molar-refractivity contribution >= 4 is 16.7 Å². The molecular weight excluding hydrogens is 250 g/mol. The Morgan fingerprint density at radius 1 is 1.11 bits per heavy atom. The van der Waals surface area contributed by atoms with Crippen LogP contribution in [0.1, 0.15) is 26.5 Å². The molecule has 3 heterocycles. The molecule has 98 valence electrons. The molecule has 0 fully saturated rings. The molecule has 0 saturated heterocycles. The Labute approximate surface area is 105 Å². The highest BCUT2D eigenvalue weighted by molar-refractivity contribution is 5.87. The summed E-state index contributed by atoms with van der Waals surface area (Å²) in [5, 5.41) is 20.1. The van der Waals surface area contributed by atoms with Gasteiger partial charge in [-0.2, -0.15) is 4.52 Å². The van der Waals surface area contributed by atoms with Gasteiger partial charge in [0.15, 0.2) is 11.3 Å². The van der Waals surface area contributed by atoms with Crippen LogP contribution in [-0.4, -0.2) is 35.2 Å². The predicted molar refractivity (Wildman–Crippen MR) is 66.0 cm³/mol. The molecule has 2 N–H and O–H groups in total. The van der Waals surface area contributed by atoms with Gasteiger partial charge in [0.2, 0.25) is 0 Å². The zero-order chi connectivity index (χ0) is 13.8. The lowest BCUT2D eigenvalue weighted by Crippen LogP contribution is -2.30. The van der Waals surface area contributed by atoms with E-state index in [2.05, 4.69) is 30.7 Å². The Bertz CT molecular complexity index is 896. The van der Waals surface area contributed by atoms with Crippen LogP contribution in [0.2, 0.25) is 0 Å². The first-order valence-corrected chi connectivity index (χ1v) is 5.62. The van der Waals surface area contributed by atoms with E-state index in [0.29, 0.717) is 5.69 Å². The molecule has 9 heteroatoms. The van der Waals surface area contributed by atoms with Crippen LogP contribution in [0.25, 0.3) is 16.7 Å². The van der Waals surface area contributed by atoms with Crippen LogP contribution in [0, 0.1) is 0 Å². The van der Waals surface area contributed by atoms with E-state index < -0.39 is 11.0 Å². The zero-order valence-corrected chi connectivity index (χ0v) is 10.6. The minimum absolute atomic E-state index is 0.143. The lowest BCUT2D eigenvalue weighted by atomic mass is 9.93. The topological polar surface area (TPSA) is 122 Å². The molecule has 0 unspecified atom stereocenters. The van der Waals surface area contributed by atoms with E-state index >= 15 is 0 Å². The van der Waals surface area contributed by atoms with E-state index in [9.17, 15) is 9.59 Å². The van der Waals surface area contributed by atoms with Gasteiger partial charge in [-0.25, -0.2) is 5.10 Å². The van der Waals surface area contributed by atoms with Gasteiger partial charge in [0.1, 0.15) is 11.1 Å². The van der Waals surface area contributed by atoms with Gasteiger partial charge in [-0.15, -0.1) is 15.3 Å². The fraction of sp³-hybridized carbons (Fsp3) is 0.400. The van der Waals surface area contributed by atoms with Crippen molar-refractivity contribution in [2.45, 2.75) is 26.2 Å². The number of nitrogens with one attached hydrogen (secondary N) is 2. The van der Waals surface area contributed by atoms with Crippen molar-refractivity contribution in [2.24, 2.45) is 0 Å². The first-order chi connectivity index (χ1) is 8.89. The molecule has 3 aromatic heterocycles. The van der Waals surface area contributed by atoms with Gasteiger partial charge in [-0.05, 0) is 0 Å². The summed E-state index contributed by atoms with van der Waals surface area (Å²) in [5.41, 5.74) is -0.622. The maximum absolute atomic E-state index is 12.3. The summed E-state index contributed by atoms with van der Waals surface area (Å²) in [6.07, 6.45) is 0. The number of aromatic amines is 2. The Balaban J connectivity index is 2.54. The monoisotopic (exact) mass is 261 g/mol. The van der Waals surface area contributed by atoms with Crippen LogP contribution < -0.4 is 11.1 Å². The SMILES string of the molecule is CC(C)(C)c1nnc2c3c(=O)[nH]nnc3[nH]n2c1=O. The van der Waals surface area contributed by atoms with Gasteiger partial charge in [0, 0.05) is 5.41 Å². The molecular formula is C10H11N7O2. The summed E-state index contributed by atoms with van der Waals surface area (Å²) in [5.74, 6) is 0. The number of aromatic nitrogens is 7. The van der Waals surface area contributed by atoms with Crippen molar-refractivity contribution < 1.29 is 0 Å². The van der Waals surface area contributed by atoms with Crippen LogP contribution in [0.5, 0.6) is 0 Å². The molecule has 0 radical (unpaired) electrons. The highest BCUT2D eigenvalue weighted by Crippen LogP contribution is 2.16. The molecule has 9 nitrogen and oxygen atoms in total. The maximum atomic E-state index is 12.3. The number of fused-ring (bicyclic) bond motifs is 3. The molecule has 19 heavy (non-hydrogen) atoms. The molecule has 3 aromatic rings. The van der Waals surface area contributed by atoms with Crippen LogP contribution in [-0.2, 0) is 5.41 Å². The third kappa shape index (κ3) is 1.54. The highest BCUT2D eigenvalue weighted by Gasteiger charge is 2.23. The number of hydrogen-bond acceptors (Lipinski definition) is 6. The van der Waals surface area contributed by atoms with Crippen molar-refractivity contribution in [1.29, 1.82) is 0 Å². The molecule has 0 atom stereocenters. The number of rotatable bonds is 0. The molecule has 0 saturated carbocycles. The van der Waals surface area contributed by atoms with Crippen LogP contribution in [0.15, 0.2) is 9.59 Å². The van der Waals surface area contributed by atoms with Crippen LogP contribution in [0.4, 0.5) is 0 Å². The van der Waals surface area contributed by atoms with Crippen LogP contribution in [0.3, 0.4) is 0 Å². The summed E-state index contributed by atoms with van der Waals surface area (Å²) < 4.78 is 1.17. The Kier molecular flexibility index (Phi) is 2.10. The predicted octanol–water partition coefficient (Wildman–Crippen LogP) is -0.653. The first kappa shape index (κ1) is 11.5. The second-order valence-electron chi connectivity index (χ2n) is 5.24. The highest BCUT2D eigenvalue weighted by atomic mass is 16.1. The normalized spacial score (nSPS) is 12.4. The summed E-state index contributed by atoms with van der Waals surface area (Å²) in [6.45, 7) is 5.58. The smallest absolute Gasteiger partial charge is 0.270 e. The Hall–Kier alpha value is -2.58. The average molecular weight is 261 g/mol. The Morgan fingerprint density at radius 2 is 1.84 bits per heavy atom. The van der Waals surface area contributed by atoms with Crippen LogP contribution >= 0.6 is 0 Å². The van der Waals surface area contributed by atoms with E-state index in [1.165, 1.54) is 4.52 Å². The van der Waals surface area contributed by atoms with E-state index in [1.54, 1.807) is 0 Å². The third-order valence-corrected chi connectivity index (χ3v) is 2.78. The number of nitrogens with zero attached hydrogens (tertiary/aromatic N) is 5. The third-order valence-electron chi connectivity index (χ3n) is 2.78. The lowest BCUT2D eigenvalue weighted by molar-refractivity contribution is 0.542. The molecule has 0 bridgehead atoms. The zero-order valence-electron chi connectivity index (χ0n) is 10.6. The molecule has 0 aliphatic heterocycles. The quantitative estimate of drug-likeness (QED) is 0.554. The molecule has 0 amide bonds. The van der Waals surface area contributed by atoms with E-state index in [0.717, 1.165) is 0 Å². The standard InChI is InChI=1S/C10H11N7O2/c1-10(2,3)5-9(19)17-7(13-11-5)4-6(15-17)12-16-14-8(4)18/h1-3H3,(H2,12,14,15,18). The van der Waals surface area contributed by atoms with Gasteiger partial charge in [0.05, 0.1) is 0 Å². The van der Waals surface area contributed by atoms with Crippen molar-refractivity contribution in [2.75, 3.05) is 0 Å². The fourth-order valence-corrected chi connectivity index (χ4v) is 1.85. The van der Waals surface area contributed by atoms with E-state index in [-0.39, 0.29) is 22.2 Å². The van der Waals surface area contributed by atoms with E-state index in [4.69, 9.17) is 0 Å². The average Bonchev–Trinajstić information content (AvgIpc) is 2.68. The van der Waals surface area contributed by atoms with Crippen molar-refractivity contribution in [1.82, 2.24) is 35.2 Å². The second-order valence-corrected chi connectivity index (χ2v) is 5.24. The number of hydrogen-bond donors (Lipinski definition) is 2. The van der Waals surface area contributed by atoms with Gasteiger partial charge in [0.25, 0.3) is 11.1 Å². The second kappa shape index (κ2) is 3.46. The fourth-order valence-electron chi connectivity index (χ4n) is 1.85. The Morgan fingerprint density at radius 3 is 2.53 bits per heavy atom. The van der Waals surface area contributed by atoms with Crippen molar-refractivity contribution in [3.8, 4) is 0 Å². The maximum Gasteiger partial charge on any atom is 0.295 e. The lowest BCUT2D eigenvalue weighted by Gasteiger charge is -2.14. The molecule has 3 rings (SSSR count). The number of H-pyrrole nitrogens is 2. The van der Waals surface area contributed by atoms with Crippen molar-refractivity contribution in [3.05, 3.63) is 26.4 Å². The minimum atomic E-state index is -0.471. The summed E-state index contributed by atoms with van der Waals surface area (Å²) in [4.78, 5) is 24.0. The molecule has 0 aromatic carbocycles. The summed E-state index contributed by atoms with van der Waals surface area (Å²) >= 11 is 0. The van der Waals surface area contributed by atoms with Crippen molar-refractivity contribution in [3.63, 3.8) is 0 Å². The summed E-state index contributed by atoms with van der Waals surface area (Å²) in [7, 11) is 0. The van der Waals surface area contributed by atoms with E-state index in [1.807, 2.05) is 20.8 Å². The summed E-state index contributed by atoms with van der Waals surface area (Å²) in [6, 6.07) is 0. The molecule has 0 aliphatic rings. The first-order valence-electron chi connectivity index (χ1n) is 5.62. The minimum Gasteiger partial charge on any atom is -0.270 e. The van der Waals surface area contributed by atoms with Gasteiger partial charge in [-0.3, -0.25) is 14.7 Å². The molecule has 0 spiro atoms. The van der Waals surface area contributed by atoms with Gasteiger partial charge < -0.3 is 0 Å². The van der Waals surface area contributed by atoms with Gasteiger partial charge in [-0.1, -0.05) is 26.0 Å². The van der Waals surface area contributed by atoms with Gasteiger partial charge >= 0.3 is 0 Å².